The van der Waals surface area contributed by atoms with E-state index >= 15 is 0 Å². The molecule has 0 unspecified atom stereocenters. The highest BCUT2D eigenvalue weighted by Gasteiger charge is 2.16. The van der Waals surface area contributed by atoms with E-state index in [0.717, 1.165) is 33.5 Å². The van der Waals surface area contributed by atoms with Gasteiger partial charge in [-0.25, -0.2) is 0 Å². The number of methoxy groups -OCH3 is 2. The maximum atomic E-state index is 5.71. The number of nitrogens with two attached hydrogens (primary N) is 1. The Bertz CT molecular complexity index is 750. The molecule has 0 fully saturated rings. The molecule has 0 saturated heterocycles. The van der Waals surface area contributed by atoms with Crippen molar-refractivity contribution in [3.8, 4) is 22.8 Å². The lowest BCUT2D eigenvalue weighted by Gasteiger charge is -2.10. The first-order chi connectivity index (χ1) is 9.78. The lowest BCUT2D eigenvalue weighted by atomic mass is 10.1. The second-order valence-electron chi connectivity index (χ2n) is 4.13. The molecule has 6 nitrogen and oxygen atoms in total. The summed E-state index contributed by atoms with van der Waals surface area (Å²) in [4.78, 5) is 0.818. The van der Waals surface area contributed by atoms with Crippen LogP contribution in [0.5, 0.6) is 11.5 Å². The summed E-state index contributed by atoms with van der Waals surface area (Å²) >= 11 is 1.52. The second kappa shape index (κ2) is 5.10. The van der Waals surface area contributed by atoms with Gasteiger partial charge >= 0.3 is 0 Å². The van der Waals surface area contributed by atoms with Crippen molar-refractivity contribution in [2.45, 2.75) is 6.54 Å². The zero-order valence-electron chi connectivity index (χ0n) is 11.2. The Labute approximate surface area is 119 Å². The number of fused-ring (bicyclic) bond motifs is 1. The van der Waals surface area contributed by atoms with Gasteiger partial charge in [0.25, 0.3) is 0 Å². The molecule has 2 heterocycles. The highest BCUT2D eigenvalue weighted by molar-refractivity contribution is 7.15. The fraction of sp³-hybridized carbons (Fsp3) is 0.231. The van der Waals surface area contributed by atoms with Crippen LogP contribution in [0.25, 0.3) is 16.2 Å². The fourth-order valence-corrected chi connectivity index (χ4v) is 2.95. The van der Waals surface area contributed by atoms with Crippen molar-refractivity contribution in [3.05, 3.63) is 29.4 Å². The maximum Gasteiger partial charge on any atom is 0.216 e. The van der Waals surface area contributed by atoms with Crippen molar-refractivity contribution in [2.75, 3.05) is 14.2 Å². The number of ether oxygens (including phenoxy) is 2. The van der Waals surface area contributed by atoms with Crippen molar-refractivity contribution in [2.24, 2.45) is 5.73 Å². The van der Waals surface area contributed by atoms with Crippen molar-refractivity contribution in [1.82, 2.24) is 14.6 Å². The topological polar surface area (TPSA) is 74.7 Å². The molecule has 0 amide bonds. The van der Waals surface area contributed by atoms with Gasteiger partial charge in [-0.15, -0.1) is 21.5 Å². The average molecular weight is 290 g/mol. The molecule has 0 spiro atoms. The summed E-state index contributed by atoms with van der Waals surface area (Å²) in [5.74, 6) is 2.22. The van der Waals surface area contributed by atoms with E-state index < -0.39 is 0 Å². The van der Waals surface area contributed by atoms with Gasteiger partial charge in [-0.2, -0.15) is 0 Å². The third kappa shape index (κ3) is 1.91. The molecule has 0 radical (unpaired) electrons. The van der Waals surface area contributed by atoms with E-state index in [1.165, 1.54) is 11.3 Å². The van der Waals surface area contributed by atoms with Crippen LogP contribution in [-0.2, 0) is 6.54 Å². The fourth-order valence-electron chi connectivity index (χ4n) is 2.11. The van der Waals surface area contributed by atoms with Gasteiger partial charge in [-0.3, -0.25) is 4.40 Å². The van der Waals surface area contributed by atoms with Gasteiger partial charge in [0.2, 0.25) is 4.96 Å². The summed E-state index contributed by atoms with van der Waals surface area (Å²) < 4.78 is 12.6. The number of benzene rings is 1. The maximum absolute atomic E-state index is 5.71. The van der Waals surface area contributed by atoms with Crippen LogP contribution in [0.2, 0.25) is 0 Å². The normalized spacial score (nSPS) is 10.9. The highest BCUT2D eigenvalue weighted by atomic mass is 32.1. The van der Waals surface area contributed by atoms with Gasteiger partial charge in [-0.05, 0) is 12.1 Å². The monoisotopic (exact) mass is 290 g/mol. The third-order valence-electron chi connectivity index (χ3n) is 3.08. The van der Waals surface area contributed by atoms with Crippen LogP contribution in [0.15, 0.2) is 23.6 Å². The van der Waals surface area contributed by atoms with E-state index in [-0.39, 0.29) is 0 Å². The molecule has 2 aromatic heterocycles. The smallest absolute Gasteiger partial charge is 0.216 e. The number of nitrogens with zero attached hydrogens (tertiary/aromatic N) is 3. The van der Waals surface area contributed by atoms with Gasteiger partial charge < -0.3 is 15.2 Å². The molecule has 104 valence electrons. The van der Waals surface area contributed by atoms with E-state index in [0.29, 0.717) is 6.54 Å². The minimum absolute atomic E-state index is 0.337. The summed E-state index contributed by atoms with van der Waals surface area (Å²) in [7, 11) is 3.27. The van der Waals surface area contributed by atoms with Gasteiger partial charge in [0, 0.05) is 17.0 Å². The molecular weight excluding hydrogens is 276 g/mol. The van der Waals surface area contributed by atoms with Crippen LogP contribution < -0.4 is 15.2 Å². The van der Waals surface area contributed by atoms with E-state index in [4.69, 9.17) is 15.2 Å². The van der Waals surface area contributed by atoms with E-state index in [9.17, 15) is 0 Å². The summed E-state index contributed by atoms with van der Waals surface area (Å²) in [5.41, 5.74) is 7.63. The summed E-state index contributed by atoms with van der Waals surface area (Å²) in [5, 5.41) is 10.2. The lowest BCUT2D eigenvalue weighted by molar-refractivity contribution is 0.395. The molecular formula is C13H14N4O2S. The van der Waals surface area contributed by atoms with Crippen LogP contribution in [0.4, 0.5) is 0 Å². The zero-order chi connectivity index (χ0) is 14.1. The minimum atomic E-state index is 0.337. The minimum Gasteiger partial charge on any atom is -0.497 e. The van der Waals surface area contributed by atoms with Gasteiger partial charge in [0.15, 0.2) is 5.82 Å². The summed E-state index contributed by atoms with van der Waals surface area (Å²) in [6, 6.07) is 5.71. The van der Waals surface area contributed by atoms with Crippen LogP contribution in [-0.4, -0.2) is 28.8 Å². The molecule has 3 aromatic rings. The molecule has 0 atom stereocenters. The van der Waals surface area contributed by atoms with Crippen molar-refractivity contribution in [3.63, 3.8) is 0 Å². The van der Waals surface area contributed by atoms with Gasteiger partial charge in [0.1, 0.15) is 11.5 Å². The van der Waals surface area contributed by atoms with Crippen molar-refractivity contribution >= 4 is 16.3 Å². The number of rotatable bonds is 4. The molecule has 0 bridgehead atoms. The molecule has 0 aliphatic carbocycles. The Morgan fingerprint density at radius 2 is 2.10 bits per heavy atom. The third-order valence-corrected chi connectivity index (χ3v) is 3.90. The Balaban J connectivity index is 2.22. The van der Waals surface area contributed by atoms with Crippen LogP contribution in [0.3, 0.4) is 0 Å². The Kier molecular flexibility index (Phi) is 3.29. The van der Waals surface area contributed by atoms with E-state index in [1.807, 2.05) is 28.0 Å². The Hall–Kier alpha value is -2.12. The number of thiazole rings is 1. The SMILES string of the molecule is COc1ccc(-c2csc3nnc(CN)n23)c(OC)c1. The van der Waals surface area contributed by atoms with Crippen molar-refractivity contribution in [1.29, 1.82) is 0 Å². The molecule has 0 aliphatic rings. The largest absolute Gasteiger partial charge is 0.497 e. The molecule has 3 rings (SSSR count). The average Bonchev–Trinajstić information content (AvgIpc) is 3.08. The first-order valence-corrected chi connectivity index (χ1v) is 6.90. The predicted octanol–water partition coefficient (Wildman–Crippen LogP) is 1.93. The van der Waals surface area contributed by atoms with E-state index in [1.54, 1.807) is 14.2 Å². The van der Waals surface area contributed by atoms with Gasteiger partial charge in [0.05, 0.1) is 26.5 Å². The highest BCUT2D eigenvalue weighted by Crippen LogP contribution is 2.35. The summed E-state index contributed by atoms with van der Waals surface area (Å²) in [6.07, 6.45) is 0. The molecule has 0 aliphatic heterocycles. The standard InChI is InChI=1S/C13H14N4O2S/c1-18-8-3-4-9(11(5-8)19-2)10-7-20-13-16-15-12(6-14)17(10)13/h3-5,7H,6,14H2,1-2H3. The Morgan fingerprint density at radius 1 is 1.25 bits per heavy atom. The summed E-state index contributed by atoms with van der Waals surface area (Å²) in [6.45, 7) is 0.337. The quantitative estimate of drug-likeness (QED) is 0.794. The molecule has 1 aromatic carbocycles. The molecule has 7 heteroatoms. The van der Waals surface area contributed by atoms with Gasteiger partial charge in [-0.1, -0.05) is 0 Å². The van der Waals surface area contributed by atoms with Crippen LogP contribution in [0, 0.1) is 0 Å². The molecule has 20 heavy (non-hydrogen) atoms. The van der Waals surface area contributed by atoms with Crippen LogP contribution in [0.1, 0.15) is 5.82 Å². The number of aromatic nitrogens is 3. The number of hydrogen-bond acceptors (Lipinski definition) is 6. The molecule has 2 N–H and O–H groups in total. The zero-order valence-corrected chi connectivity index (χ0v) is 12.0. The van der Waals surface area contributed by atoms with E-state index in [2.05, 4.69) is 10.2 Å². The predicted molar refractivity (Wildman–Crippen MR) is 77.3 cm³/mol. The Morgan fingerprint density at radius 3 is 2.80 bits per heavy atom. The lowest BCUT2D eigenvalue weighted by Crippen LogP contribution is -2.03. The van der Waals surface area contributed by atoms with Crippen molar-refractivity contribution < 1.29 is 9.47 Å². The first-order valence-electron chi connectivity index (χ1n) is 6.02. The second-order valence-corrected chi connectivity index (χ2v) is 4.96. The first kappa shape index (κ1) is 12.9. The van der Waals surface area contributed by atoms with Crippen LogP contribution >= 0.6 is 11.3 Å². The molecule has 0 saturated carbocycles. The number of hydrogen-bond donors (Lipinski definition) is 1.